The number of amides is 2. The Balaban J connectivity index is 1.65. The highest BCUT2D eigenvalue weighted by molar-refractivity contribution is 6.04. The predicted molar refractivity (Wildman–Crippen MR) is 127 cm³/mol. The fourth-order valence-electron chi connectivity index (χ4n) is 3.57. The highest BCUT2D eigenvalue weighted by Gasteiger charge is 2.19. The van der Waals surface area contributed by atoms with Crippen LogP contribution in [-0.4, -0.2) is 21.6 Å². The normalized spacial score (nSPS) is 10.7. The highest BCUT2D eigenvalue weighted by atomic mass is 19.1. The van der Waals surface area contributed by atoms with Crippen molar-refractivity contribution < 1.29 is 14.0 Å². The summed E-state index contributed by atoms with van der Waals surface area (Å²) in [6, 6.07) is 21.1. The number of aryl methyl sites for hydroxylation is 2. The van der Waals surface area contributed by atoms with E-state index in [9.17, 15) is 14.0 Å². The second kappa shape index (κ2) is 9.08. The summed E-state index contributed by atoms with van der Waals surface area (Å²) in [6.07, 6.45) is 0. The molecule has 4 rings (SSSR count). The maximum atomic E-state index is 13.8. The zero-order valence-electron chi connectivity index (χ0n) is 18.5. The largest absolute Gasteiger partial charge is 0.322 e. The van der Waals surface area contributed by atoms with Gasteiger partial charge < -0.3 is 10.6 Å². The second-order valence-electron chi connectivity index (χ2n) is 7.73. The number of carbonyl (C=O) groups is 2. The van der Waals surface area contributed by atoms with Gasteiger partial charge >= 0.3 is 0 Å². The summed E-state index contributed by atoms with van der Waals surface area (Å²) in [5.74, 6) is -0.390. The van der Waals surface area contributed by atoms with Crippen LogP contribution in [0.15, 0.2) is 72.8 Å². The van der Waals surface area contributed by atoms with Crippen molar-refractivity contribution in [3.8, 4) is 16.8 Å². The number of nitrogens with one attached hydrogen (secondary N) is 2. The Morgan fingerprint density at radius 2 is 1.61 bits per heavy atom. The lowest BCUT2D eigenvalue weighted by Gasteiger charge is -2.11. The smallest absolute Gasteiger partial charge is 0.255 e. The van der Waals surface area contributed by atoms with Gasteiger partial charge in [-0.05, 0) is 61.4 Å². The number of halogens is 1. The fourth-order valence-corrected chi connectivity index (χ4v) is 3.57. The highest BCUT2D eigenvalue weighted by Crippen LogP contribution is 2.33. The zero-order chi connectivity index (χ0) is 23.5. The Hall–Kier alpha value is -4.26. The lowest BCUT2D eigenvalue weighted by Crippen LogP contribution is -2.13. The van der Waals surface area contributed by atoms with Gasteiger partial charge in [-0.1, -0.05) is 36.4 Å². The molecule has 0 radical (unpaired) electrons. The van der Waals surface area contributed by atoms with E-state index in [4.69, 9.17) is 0 Å². The standard InChI is InChI=1S/C26H23FN4O2/c1-16-9-12-21(15-23(16)27)29-26(33)20-10-13-22(14-11-20)31-25(28-18(3)32)24(17(2)30-31)19-7-5-4-6-8-19/h4-15H,1-3H3,(H,28,32)(H,29,33). The summed E-state index contributed by atoms with van der Waals surface area (Å²) in [6.45, 7) is 4.99. The Morgan fingerprint density at radius 3 is 2.24 bits per heavy atom. The third kappa shape index (κ3) is 4.67. The van der Waals surface area contributed by atoms with Gasteiger partial charge in [-0.15, -0.1) is 0 Å². The summed E-state index contributed by atoms with van der Waals surface area (Å²) >= 11 is 0. The Kier molecular flexibility index (Phi) is 6.04. The molecule has 6 nitrogen and oxygen atoms in total. The van der Waals surface area contributed by atoms with Crippen LogP contribution in [0, 0.1) is 19.7 Å². The van der Waals surface area contributed by atoms with E-state index < -0.39 is 0 Å². The maximum Gasteiger partial charge on any atom is 0.255 e. The molecule has 166 valence electrons. The van der Waals surface area contributed by atoms with Crippen LogP contribution in [0.4, 0.5) is 15.9 Å². The first-order valence-electron chi connectivity index (χ1n) is 10.4. The molecule has 0 aliphatic heterocycles. The van der Waals surface area contributed by atoms with Crippen molar-refractivity contribution in [2.45, 2.75) is 20.8 Å². The molecule has 2 amide bonds. The van der Waals surface area contributed by atoms with Crippen molar-refractivity contribution in [1.29, 1.82) is 0 Å². The average Bonchev–Trinajstić information content (AvgIpc) is 3.12. The van der Waals surface area contributed by atoms with Crippen LogP contribution >= 0.6 is 0 Å². The van der Waals surface area contributed by atoms with E-state index in [0.717, 1.165) is 16.8 Å². The van der Waals surface area contributed by atoms with Crippen LogP contribution in [0.1, 0.15) is 28.5 Å². The Labute approximate surface area is 191 Å². The number of carbonyl (C=O) groups excluding carboxylic acids is 2. The molecule has 0 aliphatic rings. The molecule has 33 heavy (non-hydrogen) atoms. The van der Waals surface area contributed by atoms with Crippen molar-refractivity contribution >= 4 is 23.3 Å². The van der Waals surface area contributed by atoms with Gasteiger partial charge in [0.1, 0.15) is 11.6 Å². The first-order chi connectivity index (χ1) is 15.8. The summed E-state index contributed by atoms with van der Waals surface area (Å²) in [5, 5.41) is 10.2. The van der Waals surface area contributed by atoms with Crippen molar-refractivity contribution in [2.75, 3.05) is 10.6 Å². The van der Waals surface area contributed by atoms with Crippen LogP contribution < -0.4 is 10.6 Å². The van der Waals surface area contributed by atoms with Gasteiger partial charge in [0.15, 0.2) is 0 Å². The van der Waals surface area contributed by atoms with Crippen molar-refractivity contribution in [1.82, 2.24) is 9.78 Å². The molecule has 1 heterocycles. The Bertz CT molecular complexity index is 1330. The minimum atomic E-state index is -0.378. The fraction of sp³-hybridized carbons (Fsp3) is 0.115. The summed E-state index contributed by atoms with van der Waals surface area (Å²) in [5.41, 5.74) is 4.51. The first kappa shape index (κ1) is 22.0. The molecule has 7 heteroatoms. The van der Waals surface area contributed by atoms with Gasteiger partial charge in [-0.25, -0.2) is 9.07 Å². The lowest BCUT2D eigenvalue weighted by atomic mass is 10.1. The first-order valence-corrected chi connectivity index (χ1v) is 10.4. The lowest BCUT2D eigenvalue weighted by molar-refractivity contribution is -0.114. The van der Waals surface area contributed by atoms with Crippen molar-refractivity contribution in [3.05, 3.63) is 95.4 Å². The second-order valence-corrected chi connectivity index (χ2v) is 7.73. The van der Waals surface area contributed by atoms with Crippen LogP contribution in [0.5, 0.6) is 0 Å². The minimum Gasteiger partial charge on any atom is -0.322 e. The number of hydrogen-bond acceptors (Lipinski definition) is 3. The zero-order valence-corrected chi connectivity index (χ0v) is 18.5. The van der Waals surface area contributed by atoms with Crippen LogP contribution in [0.2, 0.25) is 0 Å². The monoisotopic (exact) mass is 442 g/mol. The molecule has 0 unspecified atom stereocenters. The van der Waals surface area contributed by atoms with Crippen LogP contribution in [-0.2, 0) is 4.79 Å². The van der Waals surface area contributed by atoms with Crippen molar-refractivity contribution in [3.63, 3.8) is 0 Å². The topological polar surface area (TPSA) is 76.0 Å². The van der Waals surface area contributed by atoms with E-state index in [1.165, 1.54) is 13.0 Å². The number of nitrogens with zero attached hydrogens (tertiary/aromatic N) is 2. The minimum absolute atomic E-state index is 0.213. The molecule has 1 aromatic heterocycles. The van der Waals surface area contributed by atoms with Gasteiger partial charge in [-0.2, -0.15) is 5.10 Å². The van der Waals surface area contributed by atoms with E-state index in [2.05, 4.69) is 15.7 Å². The molecule has 0 saturated carbocycles. The number of hydrogen-bond donors (Lipinski definition) is 2. The summed E-state index contributed by atoms with van der Waals surface area (Å²) in [4.78, 5) is 24.5. The maximum absolute atomic E-state index is 13.8. The third-order valence-corrected chi connectivity index (χ3v) is 5.22. The van der Waals surface area contributed by atoms with Gasteiger partial charge in [0.25, 0.3) is 5.91 Å². The van der Waals surface area contributed by atoms with Gasteiger partial charge in [0.2, 0.25) is 5.91 Å². The van der Waals surface area contributed by atoms with Gasteiger partial charge in [0, 0.05) is 23.7 Å². The number of anilines is 2. The van der Waals surface area contributed by atoms with E-state index >= 15 is 0 Å². The SMILES string of the molecule is CC(=O)Nc1c(-c2ccccc2)c(C)nn1-c1ccc(C(=O)Nc2ccc(C)c(F)c2)cc1. The van der Waals surface area contributed by atoms with E-state index in [1.807, 2.05) is 37.3 Å². The number of aromatic nitrogens is 2. The molecule has 0 spiro atoms. The van der Waals surface area contributed by atoms with Gasteiger partial charge in [0.05, 0.1) is 11.4 Å². The van der Waals surface area contributed by atoms with Crippen LogP contribution in [0.25, 0.3) is 16.8 Å². The van der Waals surface area contributed by atoms with E-state index in [0.29, 0.717) is 28.3 Å². The Morgan fingerprint density at radius 1 is 0.909 bits per heavy atom. The summed E-state index contributed by atoms with van der Waals surface area (Å²) < 4.78 is 15.4. The van der Waals surface area contributed by atoms with Crippen molar-refractivity contribution in [2.24, 2.45) is 0 Å². The number of rotatable bonds is 5. The molecule has 4 aromatic rings. The molecule has 0 aliphatic carbocycles. The molecule has 0 bridgehead atoms. The molecular formula is C26H23FN4O2. The predicted octanol–water partition coefficient (Wildman–Crippen LogP) is 5.51. The molecule has 0 atom stereocenters. The molecule has 0 fully saturated rings. The third-order valence-electron chi connectivity index (χ3n) is 5.22. The summed E-state index contributed by atoms with van der Waals surface area (Å²) in [7, 11) is 0. The van der Waals surface area contributed by atoms with Gasteiger partial charge in [-0.3, -0.25) is 9.59 Å². The molecule has 2 N–H and O–H groups in total. The van der Waals surface area contributed by atoms with E-state index in [-0.39, 0.29) is 17.6 Å². The molecule has 3 aromatic carbocycles. The van der Waals surface area contributed by atoms with Crippen LogP contribution in [0.3, 0.4) is 0 Å². The molecule has 0 saturated heterocycles. The molecular weight excluding hydrogens is 419 g/mol. The quantitative estimate of drug-likeness (QED) is 0.428. The van der Waals surface area contributed by atoms with E-state index in [1.54, 1.807) is 48.0 Å². The average molecular weight is 442 g/mol. The number of benzene rings is 3.